The first-order chi connectivity index (χ1) is 9.69. The number of ketones is 1. The maximum absolute atomic E-state index is 12.3. The van der Waals surface area contributed by atoms with Crippen molar-refractivity contribution >= 4 is 34.1 Å². The van der Waals surface area contributed by atoms with Gasteiger partial charge in [-0.25, -0.2) is 15.0 Å². The van der Waals surface area contributed by atoms with Gasteiger partial charge in [-0.05, 0) is 18.6 Å². The highest BCUT2D eigenvalue weighted by molar-refractivity contribution is 7.14. The predicted molar refractivity (Wildman–Crippen MR) is 77.8 cm³/mol. The first-order valence-electron chi connectivity index (χ1n) is 6.22. The number of thiophene rings is 1. The standard InChI is InChI=1S/C13H13N5OS/c1-2-8-3-4-10(20-8)9(19)5-18-7-17-11-12(14)15-6-16-13(11)18/h3-4,6-7H,2,5H2,1H3,(H2,14,15,16). The number of Topliss-reactive ketones (excluding diaryl/α,β-unsaturated/α-hetero) is 1. The Labute approximate surface area is 119 Å². The van der Waals surface area contributed by atoms with Gasteiger partial charge in [-0.2, -0.15) is 0 Å². The van der Waals surface area contributed by atoms with E-state index in [4.69, 9.17) is 5.73 Å². The Morgan fingerprint density at radius 1 is 1.35 bits per heavy atom. The van der Waals surface area contributed by atoms with Crippen molar-refractivity contribution in [3.63, 3.8) is 0 Å². The summed E-state index contributed by atoms with van der Waals surface area (Å²) in [4.78, 5) is 26.4. The van der Waals surface area contributed by atoms with Crippen molar-refractivity contribution in [2.45, 2.75) is 19.9 Å². The molecule has 3 aromatic heterocycles. The lowest BCUT2D eigenvalue weighted by Crippen LogP contribution is -2.09. The van der Waals surface area contributed by atoms with Crippen molar-refractivity contribution in [3.05, 3.63) is 34.5 Å². The Kier molecular flexibility index (Phi) is 3.19. The fourth-order valence-corrected chi connectivity index (χ4v) is 2.84. The van der Waals surface area contributed by atoms with Gasteiger partial charge in [0.1, 0.15) is 11.8 Å². The molecule has 0 aliphatic heterocycles. The van der Waals surface area contributed by atoms with Gasteiger partial charge in [0.25, 0.3) is 0 Å². The SMILES string of the molecule is CCc1ccc(C(=O)Cn2cnc3c(N)ncnc32)s1. The molecule has 2 N–H and O–H groups in total. The van der Waals surface area contributed by atoms with Crippen molar-refractivity contribution in [1.29, 1.82) is 0 Å². The Morgan fingerprint density at radius 3 is 2.95 bits per heavy atom. The average molecular weight is 287 g/mol. The summed E-state index contributed by atoms with van der Waals surface area (Å²) in [5.74, 6) is 0.372. The topological polar surface area (TPSA) is 86.7 Å². The van der Waals surface area contributed by atoms with Crippen LogP contribution in [0.15, 0.2) is 24.8 Å². The van der Waals surface area contributed by atoms with Gasteiger partial charge in [-0.1, -0.05) is 6.92 Å². The van der Waals surface area contributed by atoms with Crippen LogP contribution in [0.25, 0.3) is 11.2 Å². The number of fused-ring (bicyclic) bond motifs is 1. The minimum Gasteiger partial charge on any atom is -0.382 e. The zero-order valence-electron chi connectivity index (χ0n) is 10.9. The van der Waals surface area contributed by atoms with E-state index in [0.717, 1.165) is 11.3 Å². The molecule has 0 radical (unpaired) electrons. The van der Waals surface area contributed by atoms with Crippen molar-refractivity contribution < 1.29 is 4.79 Å². The second-order valence-electron chi connectivity index (χ2n) is 4.35. The molecule has 0 bridgehead atoms. The van der Waals surface area contributed by atoms with Gasteiger partial charge in [-0.15, -0.1) is 11.3 Å². The molecule has 6 nitrogen and oxygen atoms in total. The second kappa shape index (κ2) is 5.01. The van der Waals surface area contributed by atoms with E-state index in [1.165, 1.54) is 22.5 Å². The van der Waals surface area contributed by atoms with Gasteiger partial charge in [0.05, 0.1) is 17.7 Å². The lowest BCUT2D eigenvalue weighted by Gasteiger charge is -2.01. The average Bonchev–Trinajstić information content (AvgIpc) is 3.07. The van der Waals surface area contributed by atoms with Crippen LogP contribution in [0.1, 0.15) is 21.5 Å². The molecule has 3 rings (SSSR count). The molecule has 102 valence electrons. The fourth-order valence-electron chi connectivity index (χ4n) is 1.96. The number of aromatic nitrogens is 4. The van der Waals surface area contributed by atoms with E-state index in [-0.39, 0.29) is 12.3 Å². The number of nitrogen functional groups attached to an aromatic ring is 1. The van der Waals surface area contributed by atoms with Crippen LogP contribution in [-0.4, -0.2) is 25.3 Å². The van der Waals surface area contributed by atoms with E-state index in [1.54, 1.807) is 10.9 Å². The summed E-state index contributed by atoms with van der Waals surface area (Å²) in [6.07, 6.45) is 3.89. The van der Waals surface area contributed by atoms with Crippen LogP contribution in [0.2, 0.25) is 0 Å². The number of carbonyl (C=O) groups excluding carboxylic acids is 1. The molecule has 0 amide bonds. The molecule has 0 spiro atoms. The quantitative estimate of drug-likeness (QED) is 0.741. The van der Waals surface area contributed by atoms with Crippen LogP contribution in [0.3, 0.4) is 0 Å². The molecule has 20 heavy (non-hydrogen) atoms. The molecule has 0 saturated carbocycles. The van der Waals surface area contributed by atoms with E-state index in [1.807, 2.05) is 12.1 Å². The molecule has 7 heteroatoms. The van der Waals surface area contributed by atoms with Crippen LogP contribution in [-0.2, 0) is 13.0 Å². The van der Waals surface area contributed by atoms with E-state index in [0.29, 0.717) is 17.0 Å². The van der Waals surface area contributed by atoms with Crippen molar-refractivity contribution in [3.8, 4) is 0 Å². The summed E-state index contributed by atoms with van der Waals surface area (Å²) in [5, 5.41) is 0. The molecular formula is C13H13N5OS. The van der Waals surface area contributed by atoms with Crippen molar-refractivity contribution in [1.82, 2.24) is 19.5 Å². The van der Waals surface area contributed by atoms with Crippen LogP contribution in [0, 0.1) is 0 Å². The number of imidazole rings is 1. The summed E-state index contributed by atoms with van der Waals surface area (Å²) in [6.45, 7) is 2.28. The van der Waals surface area contributed by atoms with E-state index >= 15 is 0 Å². The van der Waals surface area contributed by atoms with Gasteiger partial charge < -0.3 is 10.3 Å². The monoisotopic (exact) mass is 287 g/mol. The third-order valence-electron chi connectivity index (χ3n) is 3.03. The smallest absolute Gasteiger partial charge is 0.192 e. The Balaban J connectivity index is 1.89. The predicted octanol–water partition coefficient (Wildman–Crippen LogP) is 1.92. The largest absolute Gasteiger partial charge is 0.382 e. The summed E-state index contributed by atoms with van der Waals surface area (Å²) in [6, 6.07) is 3.86. The highest BCUT2D eigenvalue weighted by Crippen LogP contribution is 2.19. The highest BCUT2D eigenvalue weighted by Gasteiger charge is 2.13. The normalized spacial score (nSPS) is 11.1. The number of carbonyl (C=O) groups is 1. The summed E-state index contributed by atoms with van der Waals surface area (Å²) >= 11 is 1.53. The van der Waals surface area contributed by atoms with Crippen LogP contribution in [0.5, 0.6) is 0 Å². The summed E-state index contributed by atoms with van der Waals surface area (Å²) < 4.78 is 1.70. The number of aryl methyl sites for hydroxylation is 1. The first-order valence-corrected chi connectivity index (χ1v) is 7.04. The molecule has 0 fully saturated rings. The fraction of sp³-hybridized carbons (Fsp3) is 0.231. The van der Waals surface area contributed by atoms with Gasteiger partial charge in [-0.3, -0.25) is 4.79 Å². The Hall–Kier alpha value is -2.28. The molecule has 3 heterocycles. The van der Waals surface area contributed by atoms with Gasteiger partial charge in [0.2, 0.25) is 0 Å². The maximum Gasteiger partial charge on any atom is 0.192 e. The molecule has 0 unspecified atom stereocenters. The number of hydrogen-bond acceptors (Lipinski definition) is 6. The Bertz CT molecular complexity index is 776. The number of hydrogen-bond donors (Lipinski definition) is 1. The molecule has 0 aliphatic rings. The molecular weight excluding hydrogens is 274 g/mol. The third-order valence-corrected chi connectivity index (χ3v) is 4.30. The zero-order valence-corrected chi connectivity index (χ0v) is 11.7. The highest BCUT2D eigenvalue weighted by atomic mass is 32.1. The van der Waals surface area contributed by atoms with Crippen LogP contribution >= 0.6 is 11.3 Å². The van der Waals surface area contributed by atoms with Gasteiger partial charge >= 0.3 is 0 Å². The lowest BCUT2D eigenvalue weighted by molar-refractivity contribution is 0.0977. The minimum atomic E-state index is 0.0474. The molecule has 0 aliphatic carbocycles. The number of nitrogens with zero attached hydrogens (tertiary/aromatic N) is 4. The van der Waals surface area contributed by atoms with Gasteiger partial charge in [0.15, 0.2) is 17.2 Å². The van der Waals surface area contributed by atoms with Crippen molar-refractivity contribution in [2.24, 2.45) is 0 Å². The molecule has 3 aromatic rings. The number of anilines is 1. The number of nitrogens with two attached hydrogens (primary N) is 1. The molecule has 0 aromatic carbocycles. The van der Waals surface area contributed by atoms with Crippen LogP contribution < -0.4 is 5.73 Å². The lowest BCUT2D eigenvalue weighted by atomic mass is 10.3. The molecule has 0 atom stereocenters. The third kappa shape index (κ3) is 2.16. The van der Waals surface area contributed by atoms with Crippen molar-refractivity contribution in [2.75, 3.05) is 5.73 Å². The summed E-state index contributed by atoms with van der Waals surface area (Å²) in [5.41, 5.74) is 6.83. The van der Waals surface area contributed by atoms with E-state index < -0.39 is 0 Å². The van der Waals surface area contributed by atoms with E-state index in [9.17, 15) is 4.79 Å². The zero-order chi connectivity index (χ0) is 14.1. The van der Waals surface area contributed by atoms with Crippen LogP contribution in [0.4, 0.5) is 5.82 Å². The van der Waals surface area contributed by atoms with E-state index in [2.05, 4.69) is 21.9 Å². The maximum atomic E-state index is 12.3. The number of rotatable bonds is 4. The second-order valence-corrected chi connectivity index (χ2v) is 5.51. The molecule has 0 saturated heterocycles. The minimum absolute atomic E-state index is 0.0474. The first kappa shape index (κ1) is 12.7. The van der Waals surface area contributed by atoms with Gasteiger partial charge in [0, 0.05) is 4.88 Å². The summed E-state index contributed by atoms with van der Waals surface area (Å²) in [7, 11) is 0. The Morgan fingerprint density at radius 2 is 2.20 bits per heavy atom.